The monoisotopic (exact) mass is 1910 g/mol. The number of benzene rings is 2. The molecule has 758 valence electrons. The fourth-order valence-corrected chi connectivity index (χ4v) is 15.9. The molecule has 43 nitrogen and oxygen atoms in total. The van der Waals surface area contributed by atoms with Gasteiger partial charge in [-0.15, -0.1) is 0 Å². The summed E-state index contributed by atoms with van der Waals surface area (Å²) in [4.78, 5) is 214. The van der Waals surface area contributed by atoms with Crippen LogP contribution in [0.1, 0.15) is 244 Å². The van der Waals surface area contributed by atoms with E-state index in [2.05, 4.69) is 96.0 Å². The van der Waals surface area contributed by atoms with Crippen molar-refractivity contribution in [2.45, 2.75) is 337 Å². The Balaban J connectivity index is 0.000000487. The molecule has 0 saturated carbocycles. The van der Waals surface area contributed by atoms with Gasteiger partial charge in [-0.2, -0.15) is 0 Å². The first-order chi connectivity index (χ1) is 65.1. The van der Waals surface area contributed by atoms with E-state index in [1.54, 1.807) is 43.5 Å². The number of amides is 14. The summed E-state index contributed by atoms with van der Waals surface area (Å²) in [6.07, 6.45) is 16.3. The zero-order valence-corrected chi connectivity index (χ0v) is 79.2. The Hall–Kier alpha value is -11.8. The Labute approximate surface area is 794 Å². The Kier molecular flexibility index (Phi) is 53.6. The molecule has 2 aliphatic rings. The minimum Gasteiger partial charge on any atom is -0.481 e. The molecule has 14 amide bonds. The number of para-hydroxylation sites is 1. The molecule has 43 heteroatoms. The number of aliphatic imine (C=N–C) groups is 1. The molecule has 4 aromatic rings. The number of carbonyl (C=O) groups excluding carboxylic acids is 14. The van der Waals surface area contributed by atoms with Crippen LogP contribution in [0.3, 0.4) is 0 Å². The Morgan fingerprint density at radius 2 is 1.22 bits per heavy atom. The lowest BCUT2D eigenvalue weighted by Crippen LogP contribution is -2.62. The number of hydrogen-bond acceptors (Lipinski definition) is 24. The standard InChI is InChI=1S/C50H91N11O13.C43H59N11O8/c1-5-7-9-10-11-12-13-14-15-16-17-18-19-22-41(65)56-36(25-27-43(67)68)46(70)54-28-20-23-42(66)61-44(33(3)63)50(74)58-37(24-26-40(51)64)47(71)59-38(29-34-30-53-32-55-34)48(72)60-39(31-62)49(73)57-35(21-8-6-2)45(69)52-4;1-25-16-17-36(56)47-18-8-7-14-31(37(44)57)50-40(60)34(21-27-23-49-30-13-6-5-12-29(27)30)52-38(58)32(15-9-19-48-43(45)46)51-39(59)33(20-26-10-3-2-4-11-26)53-41(61)35-22-28(55)24-54(35)42(25)62/h30,32-33,35-39,41,44,48,56,60,62-63,65,72H,5-29,31H2,1-4H3,(H2,51,64)(H,52,69)(H,53,55)(H,54,70)(H,57,73)(H,58,74)(H,59,71)(H,61,66)(H,67,68);2-6,10-13,23,25,28,31-35,49,55H,7-9,14-22,24H2,1H3,(H2,44,57)(H,47,56)(H,50,60)(H,51,59)(H,52,58)(H,53,61)(H4,45,46,48)/t33-,35-,36-,37-,38-,39-,41-,44-,48-;25-,28+,31-,32-,33+,34-,35-/m00/s1. The van der Waals surface area contributed by atoms with Crippen LogP contribution in [0.5, 0.6) is 0 Å². The Morgan fingerprint density at radius 1 is 0.610 bits per heavy atom. The van der Waals surface area contributed by atoms with Gasteiger partial charge in [0.15, 0.2) is 5.96 Å². The molecule has 29 N–H and O–H groups in total. The lowest BCUT2D eigenvalue weighted by atomic mass is 10.0. The summed E-state index contributed by atoms with van der Waals surface area (Å²) in [5.74, 6) is -11.7. The van der Waals surface area contributed by atoms with Crippen LogP contribution in [-0.2, 0) is 91.2 Å². The van der Waals surface area contributed by atoms with Gasteiger partial charge in [-0.25, -0.2) is 4.98 Å². The summed E-state index contributed by atoms with van der Waals surface area (Å²) in [6.45, 7) is 6.40. The number of nitrogens with one attached hydrogen (secondary N) is 15. The maximum absolute atomic E-state index is 14.4. The molecule has 0 aliphatic carbocycles. The van der Waals surface area contributed by atoms with Gasteiger partial charge in [0.2, 0.25) is 82.7 Å². The summed E-state index contributed by atoms with van der Waals surface area (Å²) < 4.78 is 0. The number of carbonyl (C=O) groups is 15. The van der Waals surface area contributed by atoms with Gasteiger partial charge in [-0.1, -0.05) is 159 Å². The molecule has 2 fully saturated rings. The second-order valence-electron chi connectivity index (χ2n) is 35.0. The van der Waals surface area contributed by atoms with Gasteiger partial charge in [0.25, 0.3) is 0 Å². The van der Waals surface area contributed by atoms with Gasteiger partial charge in [-0.05, 0) is 101 Å². The highest BCUT2D eigenvalue weighted by Gasteiger charge is 2.43. The first-order valence-electron chi connectivity index (χ1n) is 47.8. The normalized spacial score (nSPS) is 19.7. The molecule has 2 aromatic carbocycles. The van der Waals surface area contributed by atoms with Crippen LogP contribution in [0.15, 0.2) is 78.3 Å². The number of guanidine groups is 1. The highest BCUT2D eigenvalue weighted by atomic mass is 16.4. The van der Waals surface area contributed by atoms with Crippen LogP contribution in [0.4, 0.5) is 0 Å². The van der Waals surface area contributed by atoms with Crippen molar-refractivity contribution < 1.29 is 103 Å². The van der Waals surface area contributed by atoms with Crippen molar-refractivity contribution in [3.05, 3.63) is 90.1 Å². The highest BCUT2D eigenvalue weighted by molar-refractivity contribution is 5.98. The number of aromatic amines is 2. The second-order valence-corrected chi connectivity index (χ2v) is 35.0. The van der Waals surface area contributed by atoms with Gasteiger partial charge in [0.1, 0.15) is 66.8 Å². The fourth-order valence-electron chi connectivity index (χ4n) is 15.9. The first kappa shape index (κ1) is 115. The molecule has 136 heavy (non-hydrogen) atoms. The van der Waals surface area contributed by atoms with Gasteiger partial charge in [-0.3, -0.25) is 87.5 Å². The number of aliphatic carboxylic acids is 1. The lowest BCUT2D eigenvalue weighted by Gasteiger charge is -2.30. The van der Waals surface area contributed by atoms with E-state index in [1.807, 2.05) is 31.2 Å². The molecule has 16 atom stereocenters. The molecular weight excluding hydrogens is 1760 g/mol. The maximum Gasteiger partial charge on any atom is 0.303 e. The number of nitrogens with zero attached hydrogens (tertiary/aromatic N) is 3. The fraction of sp³-hybridized carbons (Fsp3) is 0.645. The molecule has 0 unspecified atom stereocenters. The van der Waals surface area contributed by atoms with Crippen LogP contribution in [-0.4, -0.2) is 276 Å². The summed E-state index contributed by atoms with van der Waals surface area (Å²) in [7, 11) is 1.41. The lowest BCUT2D eigenvalue weighted by molar-refractivity contribution is -0.142. The first-order valence-corrected chi connectivity index (χ1v) is 47.8. The number of likely N-dealkylation sites (N-methyl/N-ethyl adjacent to an activating group) is 1. The number of aromatic nitrogens is 3. The van der Waals surface area contributed by atoms with E-state index in [0.29, 0.717) is 48.9 Å². The Bertz CT molecular complexity index is 4410. The van der Waals surface area contributed by atoms with Crippen molar-refractivity contribution in [1.29, 1.82) is 0 Å². The Morgan fingerprint density at radius 3 is 1.85 bits per heavy atom. The predicted octanol–water partition coefficient (Wildman–Crippen LogP) is -0.629. The summed E-state index contributed by atoms with van der Waals surface area (Å²) in [5, 5.41) is 97.8. The number of aliphatic hydroxyl groups excluding tert-OH is 5. The van der Waals surface area contributed by atoms with Crippen molar-refractivity contribution in [3.8, 4) is 0 Å². The van der Waals surface area contributed by atoms with Crippen molar-refractivity contribution in [3.63, 3.8) is 0 Å². The van der Waals surface area contributed by atoms with E-state index in [-0.39, 0.29) is 128 Å². The van der Waals surface area contributed by atoms with Crippen LogP contribution in [0, 0.1) is 5.92 Å². The van der Waals surface area contributed by atoms with E-state index in [0.717, 1.165) is 43.0 Å². The van der Waals surface area contributed by atoms with E-state index in [9.17, 15) is 103 Å². The van der Waals surface area contributed by atoms with E-state index in [1.165, 1.54) is 89.2 Å². The average molecular weight is 1910 g/mol. The quantitative estimate of drug-likeness (QED) is 0.0113. The number of aliphatic hydroxyl groups is 5. The van der Waals surface area contributed by atoms with Crippen molar-refractivity contribution >= 4 is 106 Å². The highest BCUT2D eigenvalue weighted by Crippen LogP contribution is 2.25. The van der Waals surface area contributed by atoms with Crippen LogP contribution in [0.2, 0.25) is 0 Å². The number of carboxylic acids is 1. The summed E-state index contributed by atoms with van der Waals surface area (Å²) in [6, 6.07) is 2.42. The van der Waals surface area contributed by atoms with Crippen molar-refractivity contribution in [1.82, 2.24) is 89.0 Å². The predicted molar refractivity (Wildman–Crippen MR) is 506 cm³/mol. The van der Waals surface area contributed by atoms with E-state index in [4.69, 9.17) is 22.9 Å². The summed E-state index contributed by atoms with van der Waals surface area (Å²) in [5.41, 5.74) is 24.8. The van der Waals surface area contributed by atoms with Gasteiger partial charge < -0.3 is 127 Å². The van der Waals surface area contributed by atoms with Crippen LogP contribution in [0.25, 0.3) is 10.9 Å². The maximum atomic E-state index is 14.4. The minimum absolute atomic E-state index is 0.00438. The largest absolute Gasteiger partial charge is 0.481 e. The van der Waals surface area contributed by atoms with Gasteiger partial charge in [0, 0.05) is 120 Å². The number of fused-ring (bicyclic) bond motifs is 2. The molecule has 6 rings (SSSR count). The number of unbranched alkanes of at least 4 members (excludes halogenated alkanes) is 13. The topological polar surface area (TPSA) is 698 Å². The number of primary amides is 2. The molecule has 2 saturated heterocycles. The van der Waals surface area contributed by atoms with E-state index < -0.39 is 193 Å². The molecule has 0 bridgehead atoms. The van der Waals surface area contributed by atoms with Crippen molar-refractivity contribution in [2.75, 3.05) is 39.8 Å². The number of carboxylic acid groups (broad SMARTS) is 1. The number of nitrogens with two attached hydrogens (primary N) is 4. The van der Waals surface area contributed by atoms with E-state index >= 15 is 0 Å². The summed E-state index contributed by atoms with van der Waals surface area (Å²) >= 11 is 0. The third-order valence-electron chi connectivity index (χ3n) is 23.7. The molecule has 2 aliphatic heterocycles. The molecule has 4 heterocycles. The molecule has 0 spiro atoms. The third kappa shape index (κ3) is 43.5. The number of H-pyrrole nitrogens is 2. The third-order valence-corrected chi connectivity index (χ3v) is 23.7. The molecule has 2 aromatic heterocycles. The van der Waals surface area contributed by atoms with Crippen LogP contribution >= 0.6 is 0 Å². The van der Waals surface area contributed by atoms with Gasteiger partial charge >= 0.3 is 5.97 Å². The van der Waals surface area contributed by atoms with Gasteiger partial charge in [0.05, 0.1) is 37.2 Å². The zero-order chi connectivity index (χ0) is 100. The second kappa shape index (κ2) is 63.5. The average Bonchev–Trinajstić information content (AvgIpc) is 1.75. The smallest absolute Gasteiger partial charge is 0.303 e. The minimum atomic E-state index is -1.75. The molecular formula is C93H150N22O21. The number of hydrogen-bond donors (Lipinski definition) is 25. The zero-order valence-electron chi connectivity index (χ0n) is 79.2. The molecule has 0 radical (unpaired) electrons. The number of imidazole rings is 1. The van der Waals surface area contributed by atoms with Crippen LogP contribution < -0.4 is 92.1 Å². The SMILES string of the molecule is CCCCCCCCCCCCCCC[C@H](O)N[C@@H](CCC(=O)O)C(=O)NCCCC(=O)N[C@H](C(=O)N[C@@H](CCC(N)=O)C(=O)N[C@@H](Cc1cnc[nH]1)[C@H](O)N[C@@H](CO)C(=O)N[C@@H](CCCC)C(=O)NC)[C@H](C)O.C[C@H]1CCC(=O)NCCCC[C@@H](C(N)=O)NC(=O)[C@H](Cc2c[nH]c3ccccc23)NC(=O)[C@H](CCCN=C(N)N)NC(=O)[C@@H](Cc2ccccc2)NC(=O)[C@@H]2C[C@@H](O)CN2C1=O. The number of rotatable bonds is 54. The van der Waals surface area contributed by atoms with Crippen molar-refractivity contribution in [2.24, 2.45) is 33.8 Å².